The quantitative estimate of drug-likeness (QED) is 0.227. The lowest BCUT2D eigenvalue weighted by Gasteiger charge is -2.14. The van der Waals surface area contributed by atoms with Gasteiger partial charge < -0.3 is 4.74 Å². The molecule has 0 aromatic heterocycles. The number of aryl methyl sites for hydroxylation is 2. The number of halogens is 2. The zero-order chi connectivity index (χ0) is 25.8. The van der Waals surface area contributed by atoms with E-state index in [4.69, 9.17) is 0 Å². The second kappa shape index (κ2) is 10.5. The summed E-state index contributed by atoms with van der Waals surface area (Å²) in [5, 5.41) is 15.4. The number of benzene rings is 3. The van der Waals surface area contributed by atoms with Crippen LogP contribution in [0.4, 0.5) is 25.8 Å². The molecule has 0 saturated heterocycles. The van der Waals surface area contributed by atoms with Gasteiger partial charge in [-0.3, -0.25) is 20.3 Å². The summed E-state index contributed by atoms with van der Waals surface area (Å²) < 4.78 is 58.8. The van der Waals surface area contributed by atoms with Crippen molar-refractivity contribution >= 4 is 32.8 Å². The molecule has 0 spiro atoms. The van der Waals surface area contributed by atoms with E-state index in [1.54, 1.807) is 31.2 Å². The summed E-state index contributed by atoms with van der Waals surface area (Å²) in [5.41, 5.74) is 4.46. The zero-order valence-electron chi connectivity index (χ0n) is 19.0. The highest BCUT2D eigenvalue weighted by Crippen LogP contribution is 2.30. The Kier molecular flexibility index (Phi) is 7.65. The molecule has 0 atom stereocenters. The molecule has 184 valence electrons. The van der Waals surface area contributed by atoms with Crippen LogP contribution in [0.5, 0.6) is 5.75 Å². The predicted molar refractivity (Wildman–Crippen MR) is 129 cm³/mol. The number of sulfonamides is 1. The Labute approximate surface area is 200 Å². The van der Waals surface area contributed by atoms with Crippen molar-refractivity contribution < 1.29 is 26.9 Å². The molecule has 35 heavy (non-hydrogen) atoms. The van der Waals surface area contributed by atoms with E-state index >= 15 is 0 Å². The number of anilines is 2. The summed E-state index contributed by atoms with van der Waals surface area (Å²) in [6, 6.07) is 14.3. The number of rotatable bonds is 9. The maximum absolute atomic E-state index is 13.2. The highest BCUT2D eigenvalue weighted by molar-refractivity contribution is 7.92. The molecule has 0 bridgehead atoms. The fourth-order valence-corrected chi connectivity index (χ4v) is 4.54. The van der Waals surface area contributed by atoms with Gasteiger partial charge in [-0.2, -0.15) is 13.9 Å². The summed E-state index contributed by atoms with van der Waals surface area (Å²) in [5.74, 6) is -0.112. The lowest BCUT2D eigenvalue weighted by molar-refractivity contribution is -0.385. The smallest absolute Gasteiger partial charge is 0.387 e. The van der Waals surface area contributed by atoms with Crippen molar-refractivity contribution in [1.29, 1.82) is 0 Å². The van der Waals surface area contributed by atoms with Crippen LogP contribution in [0.15, 0.2) is 70.7 Å². The van der Waals surface area contributed by atoms with Crippen molar-refractivity contribution in [2.24, 2.45) is 5.10 Å². The first kappa shape index (κ1) is 25.6. The molecule has 0 aliphatic rings. The molecule has 0 amide bonds. The summed E-state index contributed by atoms with van der Waals surface area (Å²) in [6.45, 7) is 2.05. The molecule has 0 aliphatic carbocycles. The first-order valence-corrected chi connectivity index (χ1v) is 11.7. The molecule has 2 N–H and O–H groups in total. The molecule has 0 heterocycles. The van der Waals surface area contributed by atoms with Gasteiger partial charge in [0.25, 0.3) is 15.7 Å². The van der Waals surface area contributed by atoms with Crippen LogP contribution in [-0.4, -0.2) is 25.7 Å². The molecule has 0 radical (unpaired) electrons. The van der Waals surface area contributed by atoms with Crippen LogP contribution in [0, 0.1) is 24.0 Å². The van der Waals surface area contributed by atoms with Gasteiger partial charge >= 0.3 is 6.61 Å². The molecule has 3 rings (SSSR count). The van der Waals surface area contributed by atoms with Gasteiger partial charge in [-0.1, -0.05) is 29.8 Å². The largest absolute Gasteiger partial charge is 0.434 e. The van der Waals surface area contributed by atoms with E-state index in [0.29, 0.717) is 11.3 Å². The van der Waals surface area contributed by atoms with Crippen molar-refractivity contribution in [1.82, 2.24) is 0 Å². The number of nitro groups is 1. The highest BCUT2D eigenvalue weighted by Gasteiger charge is 2.23. The molecule has 9 nitrogen and oxygen atoms in total. The minimum absolute atomic E-state index is 0.0560. The second-order valence-corrected chi connectivity index (χ2v) is 9.20. The van der Waals surface area contributed by atoms with Crippen molar-refractivity contribution in [3.05, 3.63) is 87.5 Å². The van der Waals surface area contributed by atoms with Gasteiger partial charge in [0.05, 0.1) is 22.0 Å². The van der Waals surface area contributed by atoms with Crippen molar-refractivity contribution in [3.63, 3.8) is 0 Å². The van der Waals surface area contributed by atoms with Gasteiger partial charge in [-0.05, 0) is 50.6 Å². The number of alkyl halides is 2. The second-order valence-electron chi connectivity index (χ2n) is 7.55. The molecule has 0 fully saturated rings. The van der Waals surface area contributed by atoms with E-state index in [1.807, 2.05) is 6.92 Å². The number of nitrogens with one attached hydrogen (secondary N) is 2. The van der Waals surface area contributed by atoms with E-state index in [-0.39, 0.29) is 22.7 Å². The SMILES string of the molecule is C/C(=N\Nc1ccc([N+](=O)[O-])cc1S(=O)(=O)Nc1ccc(C)cc1C)c1ccccc1OC(F)F. The molecule has 12 heteroatoms. The average molecular weight is 505 g/mol. The Morgan fingerprint density at radius 1 is 1.06 bits per heavy atom. The normalized spacial score (nSPS) is 11.9. The van der Waals surface area contributed by atoms with E-state index < -0.39 is 32.1 Å². The third kappa shape index (κ3) is 6.29. The summed E-state index contributed by atoms with van der Waals surface area (Å²) in [7, 11) is -4.28. The minimum atomic E-state index is -4.28. The van der Waals surface area contributed by atoms with Crippen molar-refractivity contribution in [3.8, 4) is 5.75 Å². The first-order valence-electron chi connectivity index (χ1n) is 10.2. The van der Waals surface area contributed by atoms with E-state index in [1.165, 1.54) is 31.2 Å². The number of nitrogens with zero attached hydrogens (tertiary/aromatic N) is 2. The van der Waals surface area contributed by atoms with Gasteiger partial charge in [0, 0.05) is 17.7 Å². The summed E-state index contributed by atoms with van der Waals surface area (Å²) >= 11 is 0. The maximum atomic E-state index is 13.2. The highest BCUT2D eigenvalue weighted by atomic mass is 32.2. The molecular weight excluding hydrogens is 482 g/mol. The molecular formula is C23H22F2N4O5S. The average Bonchev–Trinajstić information content (AvgIpc) is 2.79. The van der Waals surface area contributed by atoms with Crippen molar-refractivity contribution in [2.45, 2.75) is 32.3 Å². The Morgan fingerprint density at radius 3 is 2.40 bits per heavy atom. The molecule has 0 unspecified atom stereocenters. The molecule has 3 aromatic rings. The van der Waals surface area contributed by atoms with Crippen molar-refractivity contribution in [2.75, 3.05) is 10.1 Å². The van der Waals surface area contributed by atoms with E-state index in [9.17, 15) is 27.3 Å². The number of ether oxygens (including phenoxy) is 1. The lowest BCUT2D eigenvalue weighted by atomic mass is 10.1. The first-order chi connectivity index (χ1) is 16.5. The van der Waals surface area contributed by atoms with Gasteiger partial charge in [0.15, 0.2) is 0 Å². The fraction of sp³-hybridized carbons (Fsp3) is 0.174. The lowest BCUT2D eigenvalue weighted by Crippen LogP contribution is -2.16. The number of hydrazone groups is 1. The van der Waals surface area contributed by atoms with Gasteiger partial charge in [-0.25, -0.2) is 8.42 Å². The summed E-state index contributed by atoms with van der Waals surface area (Å²) in [4.78, 5) is 10.2. The standard InChI is InChI=1S/C23H22F2N4O5S/c1-14-8-10-19(15(2)12-14)28-35(32,33)22-13-17(29(30)31)9-11-20(22)27-26-16(3)18-6-4-5-7-21(18)34-23(24)25/h4-13,23,27-28H,1-3H3/b26-16+. The Balaban J connectivity index is 2.00. The molecule has 0 saturated carbocycles. The topological polar surface area (TPSA) is 123 Å². The Bertz CT molecular complexity index is 1390. The van der Waals surface area contributed by atoms with Crippen LogP contribution in [0.2, 0.25) is 0 Å². The summed E-state index contributed by atoms with van der Waals surface area (Å²) in [6.07, 6.45) is 0. The van der Waals surface area contributed by atoms with Gasteiger partial charge in [0.1, 0.15) is 10.6 Å². The van der Waals surface area contributed by atoms with Crippen LogP contribution >= 0.6 is 0 Å². The van der Waals surface area contributed by atoms with Gasteiger partial charge in [0.2, 0.25) is 0 Å². The molecule has 0 aliphatic heterocycles. The van der Waals surface area contributed by atoms with Crippen LogP contribution in [-0.2, 0) is 10.0 Å². The number of para-hydroxylation sites is 1. The Morgan fingerprint density at radius 2 is 1.74 bits per heavy atom. The number of hydrogen-bond acceptors (Lipinski definition) is 7. The van der Waals surface area contributed by atoms with Crippen LogP contribution in [0.1, 0.15) is 23.6 Å². The Hall–Kier alpha value is -4.06. The fourth-order valence-electron chi connectivity index (χ4n) is 3.24. The monoisotopic (exact) mass is 504 g/mol. The van der Waals surface area contributed by atoms with E-state index in [0.717, 1.165) is 17.7 Å². The zero-order valence-corrected chi connectivity index (χ0v) is 19.8. The van der Waals surface area contributed by atoms with Crippen LogP contribution in [0.3, 0.4) is 0 Å². The third-order valence-electron chi connectivity index (χ3n) is 4.93. The maximum Gasteiger partial charge on any atom is 0.387 e. The number of non-ortho nitro benzene ring substituents is 1. The number of nitro benzene ring substituents is 1. The van der Waals surface area contributed by atoms with Crippen LogP contribution < -0.4 is 14.9 Å². The molecule has 3 aromatic carbocycles. The van der Waals surface area contributed by atoms with E-state index in [2.05, 4.69) is 20.0 Å². The predicted octanol–water partition coefficient (Wildman–Crippen LogP) is 5.45. The van der Waals surface area contributed by atoms with Gasteiger partial charge in [-0.15, -0.1) is 0 Å². The number of hydrogen-bond donors (Lipinski definition) is 2. The van der Waals surface area contributed by atoms with Crippen LogP contribution in [0.25, 0.3) is 0 Å². The third-order valence-corrected chi connectivity index (χ3v) is 6.33. The minimum Gasteiger partial charge on any atom is -0.434 e.